The third-order valence-corrected chi connectivity index (χ3v) is 4.45. The molecule has 1 rings (SSSR count). The van der Waals surface area contributed by atoms with Crippen molar-refractivity contribution < 1.29 is 8.42 Å². The predicted molar refractivity (Wildman–Crippen MR) is 65.2 cm³/mol. The van der Waals surface area contributed by atoms with Gasteiger partial charge in [-0.25, -0.2) is 8.42 Å². The molecule has 2 nitrogen and oxygen atoms in total. The normalized spacial score (nSPS) is 11.6. The molecule has 0 amide bonds. The quantitative estimate of drug-likeness (QED) is 0.590. The van der Waals surface area contributed by atoms with E-state index in [4.69, 9.17) is 0 Å². The maximum absolute atomic E-state index is 11.5. The topological polar surface area (TPSA) is 34.1 Å². The summed E-state index contributed by atoms with van der Waals surface area (Å²) in [5.74, 6) is 0.975. The Kier molecular flexibility index (Phi) is 4.67. The van der Waals surface area contributed by atoms with Crippen LogP contribution in [0.15, 0.2) is 34.1 Å². The molecule has 4 heteroatoms. The average molecular weight is 244 g/mol. The summed E-state index contributed by atoms with van der Waals surface area (Å²) in [5.41, 5.74) is 0. The summed E-state index contributed by atoms with van der Waals surface area (Å²) in [4.78, 5) is 1.32. The Balaban J connectivity index is 2.88. The lowest BCUT2D eigenvalue weighted by molar-refractivity contribution is 0.600. The zero-order valence-corrected chi connectivity index (χ0v) is 10.7. The van der Waals surface area contributed by atoms with E-state index >= 15 is 0 Å². The van der Waals surface area contributed by atoms with Gasteiger partial charge >= 0.3 is 0 Å². The van der Waals surface area contributed by atoms with E-state index in [1.165, 1.54) is 6.26 Å². The van der Waals surface area contributed by atoms with Crippen molar-refractivity contribution in [3.63, 3.8) is 0 Å². The predicted octanol–water partition coefficient (Wildman–Crippen LogP) is 2.98. The van der Waals surface area contributed by atoms with Crippen molar-refractivity contribution >= 4 is 21.6 Å². The fraction of sp³-hybridized carbons (Fsp3) is 0.455. The molecule has 0 aliphatic carbocycles. The largest absolute Gasteiger partial charge is 0.224 e. The van der Waals surface area contributed by atoms with Crippen molar-refractivity contribution in [1.82, 2.24) is 0 Å². The second-order valence-electron chi connectivity index (χ2n) is 3.42. The van der Waals surface area contributed by atoms with Gasteiger partial charge in [0, 0.05) is 11.2 Å². The van der Waals surface area contributed by atoms with Crippen molar-refractivity contribution in [3.05, 3.63) is 24.3 Å². The number of benzene rings is 1. The second-order valence-corrected chi connectivity index (χ2v) is 6.54. The maximum Gasteiger partial charge on any atom is 0.176 e. The number of rotatable bonds is 5. The smallest absolute Gasteiger partial charge is 0.176 e. The lowest BCUT2D eigenvalue weighted by atomic mass is 10.4. The van der Waals surface area contributed by atoms with Crippen LogP contribution in [0.4, 0.5) is 0 Å². The summed E-state index contributed by atoms with van der Waals surface area (Å²) in [5, 5.41) is 0. The van der Waals surface area contributed by atoms with Crippen molar-refractivity contribution in [3.8, 4) is 0 Å². The molecule has 0 saturated heterocycles. The van der Waals surface area contributed by atoms with Gasteiger partial charge in [0.1, 0.15) is 0 Å². The van der Waals surface area contributed by atoms with Crippen LogP contribution in [0.1, 0.15) is 19.8 Å². The highest BCUT2D eigenvalue weighted by Gasteiger charge is 2.11. The lowest BCUT2D eigenvalue weighted by Gasteiger charge is -2.06. The fourth-order valence-corrected chi connectivity index (χ4v) is 3.63. The first-order valence-corrected chi connectivity index (χ1v) is 7.85. The van der Waals surface area contributed by atoms with Crippen LogP contribution in [0.2, 0.25) is 0 Å². The number of hydrogen-bond acceptors (Lipinski definition) is 3. The molecule has 0 atom stereocenters. The minimum Gasteiger partial charge on any atom is -0.224 e. The summed E-state index contributed by atoms with van der Waals surface area (Å²) in [6.07, 6.45) is 3.50. The molecule has 0 heterocycles. The van der Waals surface area contributed by atoms with Gasteiger partial charge in [-0.1, -0.05) is 25.5 Å². The molecule has 0 aromatic heterocycles. The summed E-state index contributed by atoms with van der Waals surface area (Å²) in [6, 6.07) is 7.18. The van der Waals surface area contributed by atoms with E-state index < -0.39 is 9.84 Å². The highest BCUT2D eigenvalue weighted by Crippen LogP contribution is 2.26. The summed E-state index contributed by atoms with van der Waals surface area (Å²) >= 11 is 1.62. The van der Waals surface area contributed by atoms with Crippen LogP contribution in [-0.2, 0) is 9.84 Å². The van der Waals surface area contributed by atoms with Gasteiger partial charge in [-0.05, 0) is 24.3 Å². The Morgan fingerprint density at radius 3 is 2.53 bits per heavy atom. The van der Waals surface area contributed by atoms with E-state index in [0.29, 0.717) is 4.90 Å². The van der Waals surface area contributed by atoms with Crippen LogP contribution in [0.25, 0.3) is 0 Å². The first-order chi connectivity index (χ1) is 7.05. The van der Waals surface area contributed by atoms with Crippen LogP contribution in [0.3, 0.4) is 0 Å². The van der Waals surface area contributed by atoms with Crippen LogP contribution in [0.5, 0.6) is 0 Å². The molecule has 15 heavy (non-hydrogen) atoms. The Hall–Kier alpha value is -0.480. The molecule has 0 aliphatic rings. The van der Waals surface area contributed by atoms with E-state index in [1.54, 1.807) is 23.9 Å². The standard InChI is InChI=1S/C11H16O2S2/c1-3-4-9-14-10-7-5-6-8-11(10)15(2,12)13/h5-8H,3-4,9H2,1-2H3. The van der Waals surface area contributed by atoms with Crippen molar-refractivity contribution in [1.29, 1.82) is 0 Å². The van der Waals surface area contributed by atoms with Gasteiger partial charge in [0.05, 0.1) is 4.90 Å². The molecular weight excluding hydrogens is 228 g/mol. The van der Waals surface area contributed by atoms with Crippen LogP contribution in [0, 0.1) is 0 Å². The number of thioether (sulfide) groups is 1. The Morgan fingerprint density at radius 2 is 1.93 bits per heavy atom. The molecule has 0 bridgehead atoms. The third-order valence-electron chi connectivity index (χ3n) is 2.00. The molecule has 0 radical (unpaired) electrons. The van der Waals surface area contributed by atoms with Crippen molar-refractivity contribution in [2.45, 2.75) is 29.6 Å². The molecule has 0 unspecified atom stereocenters. The average Bonchev–Trinajstić information content (AvgIpc) is 2.17. The molecule has 0 N–H and O–H groups in total. The van der Waals surface area contributed by atoms with Gasteiger partial charge in [-0.15, -0.1) is 11.8 Å². The molecular formula is C11H16O2S2. The summed E-state index contributed by atoms with van der Waals surface area (Å²) in [6.45, 7) is 2.13. The molecule has 0 aliphatic heterocycles. The monoisotopic (exact) mass is 244 g/mol. The zero-order chi connectivity index (χ0) is 11.3. The van der Waals surface area contributed by atoms with E-state index in [0.717, 1.165) is 23.5 Å². The number of sulfone groups is 1. The van der Waals surface area contributed by atoms with Gasteiger partial charge in [0.25, 0.3) is 0 Å². The molecule has 0 spiro atoms. The first kappa shape index (κ1) is 12.6. The number of hydrogen-bond donors (Lipinski definition) is 0. The molecule has 1 aromatic rings. The van der Waals surface area contributed by atoms with Crippen LogP contribution >= 0.6 is 11.8 Å². The minimum absolute atomic E-state index is 0.450. The van der Waals surface area contributed by atoms with Gasteiger partial charge in [0.2, 0.25) is 0 Å². The number of unbranched alkanes of at least 4 members (excludes halogenated alkanes) is 1. The van der Waals surface area contributed by atoms with Crippen LogP contribution < -0.4 is 0 Å². The Morgan fingerprint density at radius 1 is 1.27 bits per heavy atom. The van der Waals surface area contributed by atoms with Crippen LogP contribution in [-0.4, -0.2) is 20.4 Å². The maximum atomic E-state index is 11.5. The third kappa shape index (κ3) is 3.87. The second kappa shape index (κ2) is 5.56. The van der Waals surface area contributed by atoms with E-state index in [-0.39, 0.29) is 0 Å². The lowest BCUT2D eigenvalue weighted by Crippen LogP contribution is -1.99. The SMILES string of the molecule is CCCCSc1ccccc1S(C)(=O)=O. The van der Waals surface area contributed by atoms with Crippen molar-refractivity contribution in [2.24, 2.45) is 0 Å². The highest BCUT2D eigenvalue weighted by atomic mass is 32.2. The fourth-order valence-electron chi connectivity index (χ4n) is 1.20. The van der Waals surface area contributed by atoms with E-state index in [2.05, 4.69) is 6.92 Å². The molecule has 0 saturated carbocycles. The molecule has 1 aromatic carbocycles. The Labute approximate surface area is 96.0 Å². The Bertz CT molecular complexity index is 410. The molecule has 84 valence electrons. The molecule has 0 fully saturated rings. The summed E-state index contributed by atoms with van der Waals surface area (Å²) < 4.78 is 22.9. The van der Waals surface area contributed by atoms with Gasteiger partial charge in [-0.2, -0.15) is 0 Å². The first-order valence-electron chi connectivity index (χ1n) is 4.97. The summed E-state index contributed by atoms with van der Waals surface area (Å²) in [7, 11) is -3.09. The zero-order valence-electron chi connectivity index (χ0n) is 9.06. The van der Waals surface area contributed by atoms with Gasteiger partial charge in [-0.3, -0.25) is 0 Å². The van der Waals surface area contributed by atoms with Gasteiger partial charge in [0.15, 0.2) is 9.84 Å². The minimum atomic E-state index is -3.09. The van der Waals surface area contributed by atoms with E-state index in [1.807, 2.05) is 12.1 Å². The van der Waals surface area contributed by atoms with Gasteiger partial charge < -0.3 is 0 Å². The van der Waals surface area contributed by atoms with Crippen molar-refractivity contribution in [2.75, 3.05) is 12.0 Å². The highest BCUT2D eigenvalue weighted by molar-refractivity contribution is 8.00. The van der Waals surface area contributed by atoms with E-state index in [9.17, 15) is 8.42 Å².